The smallest absolute Gasteiger partial charge is 0.407 e. The van der Waals surface area contributed by atoms with Gasteiger partial charge in [0.05, 0.1) is 6.61 Å². The van der Waals surface area contributed by atoms with Gasteiger partial charge in [0.1, 0.15) is 6.54 Å². The van der Waals surface area contributed by atoms with Gasteiger partial charge in [-0.2, -0.15) is 0 Å². The maximum Gasteiger partial charge on any atom is 0.417 e. The molecule has 0 spiro atoms. The van der Waals surface area contributed by atoms with E-state index in [4.69, 9.17) is 14.2 Å². The maximum absolute atomic E-state index is 12.0. The standard InChI is InChI=1S/C16H21N3O5/c1-17-15(20)23-14-11-19(16(21)24-14)13-5-3-12(4-6-13)18-7-2-9-22-10-8-18/h3-6,14H,2,7-11H2,1H3,(H,17,20). The van der Waals surface area contributed by atoms with E-state index in [1.807, 2.05) is 24.3 Å². The molecule has 2 heterocycles. The molecule has 2 aliphatic rings. The van der Waals surface area contributed by atoms with E-state index < -0.39 is 18.5 Å². The summed E-state index contributed by atoms with van der Waals surface area (Å²) in [7, 11) is 1.45. The first-order chi connectivity index (χ1) is 11.7. The van der Waals surface area contributed by atoms with Crippen LogP contribution in [0.4, 0.5) is 21.0 Å². The Kier molecular flexibility index (Phi) is 5.05. The molecular weight excluding hydrogens is 314 g/mol. The Labute approximate surface area is 140 Å². The number of anilines is 2. The molecule has 0 bridgehead atoms. The van der Waals surface area contributed by atoms with Gasteiger partial charge in [0.15, 0.2) is 0 Å². The van der Waals surface area contributed by atoms with E-state index in [9.17, 15) is 9.59 Å². The van der Waals surface area contributed by atoms with Crippen molar-refractivity contribution in [2.75, 3.05) is 49.7 Å². The Morgan fingerprint density at radius 1 is 1.21 bits per heavy atom. The minimum Gasteiger partial charge on any atom is -0.407 e. The van der Waals surface area contributed by atoms with Gasteiger partial charge in [-0.15, -0.1) is 0 Å². The molecule has 2 amide bonds. The van der Waals surface area contributed by atoms with Crippen LogP contribution in [0.1, 0.15) is 6.42 Å². The van der Waals surface area contributed by atoms with Crippen LogP contribution in [0.2, 0.25) is 0 Å². The molecule has 1 aromatic carbocycles. The van der Waals surface area contributed by atoms with Crippen molar-refractivity contribution < 1.29 is 23.8 Å². The third-order valence-corrected chi connectivity index (χ3v) is 3.98. The van der Waals surface area contributed by atoms with E-state index in [1.54, 1.807) is 0 Å². The molecular formula is C16H21N3O5. The third-order valence-electron chi connectivity index (χ3n) is 3.98. The van der Waals surface area contributed by atoms with Crippen LogP contribution >= 0.6 is 0 Å². The number of carbonyl (C=O) groups excluding carboxylic acids is 2. The average Bonchev–Trinajstić information content (AvgIpc) is 2.79. The molecule has 8 heteroatoms. The van der Waals surface area contributed by atoms with Gasteiger partial charge in [-0.1, -0.05) is 0 Å². The Balaban J connectivity index is 1.64. The number of cyclic esters (lactones) is 1. The lowest BCUT2D eigenvalue weighted by Gasteiger charge is -2.22. The summed E-state index contributed by atoms with van der Waals surface area (Å²) in [6, 6.07) is 7.68. The van der Waals surface area contributed by atoms with Crippen LogP contribution in [0.15, 0.2) is 24.3 Å². The van der Waals surface area contributed by atoms with E-state index in [1.165, 1.54) is 11.9 Å². The van der Waals surface area contributed by atoms with Gasteiger partial charge in [-0.25, -0.2) is 9.59 Å². The zero-order chi connectivity index (χ0) is 16.9. The fraction of sp³-hybridized carbons (Fsp3) is 0.500. The summed E-state index contributed by atoms with van der Waals surface area (Å²) in [4.78, 5) is 26.9. The summed E-state index contributed by atoms with van der Waals surface area (Å²) >= 11 is 0. The number of amides is 2. The van der Waals surface area contributed by atoms with Gasteiger partial charge in [0.2, 0.25) is 0 Å². The summed E-state index contributed by atoms with van der Waals surface area (Å²) in [5.41, 5.74) is 1.80. The highest BCUT2D eigenvalue weighted by molar-refractivity contribution is 5.90. The minimum absolute atomic E-state index is 0.170. The lowest BCUT2D eigenvalue weighted by molar-refractivity contribution is -0.0285. The van der Waals surface area contributed by atoms with Crippen molar-refractivity contribution in [2.45, 2.75) is 12.7 Å². The Bertz CT molecular complexity index is 584. The highest BCUT2D eigenvalue weighted by Gasteiger charge is 2.34. The zero-order valence-corrected chi connectivity index (χ0v) is 13.6. The first kappa shape index (κ1) is 16.4. The number of nitrogens with zero attached hydrogens (tertiary/aromatic N) is 2. The zero-order valence-electron chi connectivity index (χ0n) is 13.6. The molecule has 2 saturated heterocycles. The van der Waals surface area contributed by atoms with E-state index in [0.29, 0.717) is 5.69 Å². The van der Waals surface area contributed by atoms with Crippen LogP contribution in [-0.4, -0.2) is 58.4 Å². The number of ether oxygens (including phenoxy) is 3. The lowest BCUT2D eigenvalue weighted by Crippen LogP contribution is -2.29. The van der Waals surface area contributed by atoms with Crippen LogP contribution in [0.3, 0.4) is 0 Å². The van der Waals surface area contributed by atoms with Crippen molar-refractivity contribution in [3.05, 3.63) is 24.3 Å². The molecule has 0 radical (unpaired) electrons. The first-order valence-corrected chi connectivity index (χ1v) is 7.96. The SMILES string of the molecule is CNC(=O)OC1CN(c2ccc(N3CCCOCC3)cc2)C(=O)O1. The predicted octanol–water partition coefficient (Wildman–Crippen LogP) is 1.55. The largest absolute Gasteiger partial charge is 0.417 e. The topological polar surface area (TPSA) is 80.3 Å². The molecule has 1 unspecified atom stereocenters. The summed E-state index contributed by atoms with van der Waals surface area (Å²) < 4.78 is 15.5. The van der Waals surface area contributed by atoms with Gasteiger partial charge < -0.3 is 24.4 Å². The van der Waals surface area contributed by atoms with Gasteiger partial charge in [-0.3, -0.25) is 4.90 Å². The molecule has 1 aromatic rings. The Hall–Kier alpha value is -2.48. The molecule has 130 valence electrons. The fourth-order valence-electron chi connectivity index (χ4n) is 2.74. The van der Waals surface area contributed by atoms with Gasteiger partial charge in [-0.05, 0) is 30.7 Å². The van der Waals surface area contributed by atoms with Crippen molar-refractivity contribution in [1.29, 1.82) is 0 Å². The van der Waals surface area contributed by atoms with Crippen molar-refractivity contribution in [2.24, 2.45) is 0 Å². The van der Waals surface area contributed by atoms with E-state index in [2.05, 4.69) is 10.2 Å². The second-order valence-electron chi connectivity index (χ2n) is 5.55. The predicted molar refractivity (Wildman–Crippen MR) is 87.2 cm³/mol. The van der Waals surface area contributed by atoms with Crippen LogP contribution in [0.25, 0.3) is 0 Å². The summed E-state index contributed by atoms with van der Waals surface area (Å²) in [6.07, 6.45) is -1.06. The maximum atomic E-state index is 12.0. The highest BCUT2D eigenvalue weighted by Crippen LogP contribution is 2.25. The second-order valence-corrected chi connectivity index (χ2v) is 5.55. The Morgan fingerprint density at radius 3 is 2.71 bits per heavy atom. The normalized spacial score (nSPS) is 21.2. The first-order valence-electron chi connectivity index (χ1n) is 7.96. The van der Waals surface area contributed by atoms with Crippen LogP contribution in [0.5, 0.6) is 0 Å². The van der Waals surface area contributed by atoms with E-state index in [0.717, 1.165) is 38.4 Å². The number of hydrogen-bond acceptors (Lipinski definition) is 6. The average molecular weight is 335 g/mol. The molecule has 8 nitrogen and oxygen atoms in total. The number of carbonyl (C=O) groups is 2. The van der Waals surface area contributed by atoms with Gasteiger partial charge >= 0.3 is 12.2 Å². The molecule has 24 heavy (non-hydrogen) atoms. The summed E-state index contributed by atoms with van der Waals surface area (Å²) in [5, 5.41) is 2.32. The molecule has 1 N–H and O–H groups in total. The van der Waals surface area contributed by atoms with E-state index in [-0.39, 0.29) is 6.54 Å². The molecule has 3 rings (SSSR count). The molecule has 0 aliphatic carbocycles. The monoisotopic (exact) mass is 335 g/mol. The molecule has 0 aromatic heterocycles. The number of benzene rings is 1. The highest BCUT2D eigenvalue weighted by atomic mass is 16.7. The summed E-state index contributed by atoms with van der Waals surface area (Å²) in [6.45, 7) is 3.49. The Morgan fingerprint density at radius 2 is 1.96 bits per heavy atom. The van der Waals surface area contributed by atoms with Crippen LogP contribution in [0, 0.1) is 0 Å². The molecule has 1 atom stereocenters. The van der Waals surface area contributed by atoms with Crippen molar-refractivity contribution >= 4 is 23.6 Å². The third kappa shape index (κ3) is 3.70. The van der Waals surface area contributed by atoms with E-state index >= 15 is 0 Å². The fourth-order valence-corrected chi connectivity index (χ4v) is 2.74. The molecule has 2 aliphatic heterocycles. The van der Waals surface area contributed by atoms with Crippen LogP contribution in [-0.2, 0) is 14.2 Å². The van der Waals surface area contributed by atoms with Crippen molar-refractivity contribution in [1.82, 2.24) is 5.32 Å². The van der Waals surface area contributed by atoms with Crippen molar-refractivity contribution in [3.63, 3.8) is 0 Å². The number of alkyl carbamates (subject to hydrolysis) is 1. The lowest BCUT2D eigenvalue weighted by atomic mass is 10.2. The van der Waals surface area contributed by atoms with Gasteiger partial charge in [0.25, 0.3) is 6.29 Å². The summed E-state index contributed by atoms with van der Waals surface area (Å²) in [5.74, 6) is 0. The molecule has 0 saturated carbocycles. The van der Waals surface area contributed by atoms with Crippen LogP contribution < -0.4 is 15.1 Å². The minimum atomic E-state index is -0.903. The number of rotatable bonds is 3. The van der Waals surface area contributed by atoms with Crippen molar-refractivity contribution in [3.8, 4) is 0 Å². The quantitative estimate of drug-likeness (QED) is 0.903. The number of nitrogens with one attached hydrogen (secondary N) is 1. The number of hydrogen-bond donors (Lipinski definition) is 1. The second kappa shape index (κ2) is 7.39. The molecule has 2 fully saturated rings. The van der Waals surface area contributed by atoms with Gasteiger partial charge in [0, 0.05) is 38.1 Å².